The summed E-state index contributed by atoms with van der Waals surface area (Å²) in [6, 6.07) is 0.616. The minimum Gasteiger partial charge on any atom is -0.328 e. The molecule has 1 aromatic heterocycles. The number of nitrogens with zero attached hydrogens (tertiary/aromatic N) is 4. The molecule has 0 aliphatic heterocycles. The summed E-state index contributed by atoms with van der Waals surface area (Å²) in [6.45, 7) is 8.07. The predicted octanol–water partition coefficient (Wildman–Crippen LogP) is 1.03. The van der Waals surface area contributed by atoms with Crippen molar-refractivity contribution in [3.05, 3.63) is 12.2 Å². The molecular weight excluding hydrogens is 202 g/mol. The third-order valence-corrected chi connectivity index (χ3v) is 2.51. The van der Waals surface area contributed by atoms with Gasteiger partial charge in [0.15, 0.2) is 0 Å². The standard InChI is InChI=1S/C11H23N5/c1-9(2)16-11(13-8-14-16)7-15(4)6-5-10(3)12/h8-10H,5-7,12H2,1-4H3. The molecule has 5 nitrogen and oxygen atoms in total. The Bertz CT molecular complexity index is 305. The highest BCUT2D eigenvalue weighted by Crippen LogP contribution is 2.07. The highest BCUT2D eigenvalue weighted by Gasteiger charge is 2.10. The van der Waals surface area contributed by atoms with Crippen molar-refractivity contribution in [2.24, 2.45) is 5.73 Å². The molecule has 0 amide bonds. The van der Waals surface area contributed by atoms with Crippen LogP contribution in [0.25, 0.3) is 0 Å². The second kappa shape index (κ2) is 5.96. The van der Waals surface area contributed by atoms with Gasteiger partial charge in [0.25, 0.3) is 0 Å². The molecule has 0 aliphatic rings. The summed E-state index contributed by atoms with van der Waals surface area (Å²) in [6.07, 6.45) is 2.63. The monoisotopic (exact) mass is 225 g/mol. The first-order valence-electron chi connectivity index (χ1n) is 5.83. The second-order valence-corrected chi connectivity index (χ2v) is 4.72. The predicted molar refractivity (Wildman–Crippen MR) is 65.0 cm³/mol. The Kier molecular flexibility index (Phi) is 4.89. The van der Waals surface area contributed by atoms with Crippen molar-refractivity contribution in [1.29, 1.82) is 0 Å². The number of hydrogen-bond donors (Lipinski definition) is 1. The summed E-state index contributed by atoms with van der Waals surface area (Å²) >= 11 is 0. The Balaban J connectivity index is 2.49. The maximum atomic E-state index is 5.73. The number of aromatic nitrogens is 3. The molecule has 0 saturated heterocycles. The van der Waals surface area contributed by atoms with Gasteiger partial charge in [0.2, 0.25) is 0 Å². The van der Waals surface area contributed by atoms with E-state index in [4.69, 9.17) is 5.73 Å². The molecule has 1 atom stereocenters. The van der Waals surface area contributed by atoms with Crippen LogP contribution in [0.15, 0.2) is 6.33 Å². The molecule has 0 saturated carbocycles. The van der Waals surface area contributed by atoms with Crippen LogP contribution in [0.5, 0.6) is 0 Å². The zero-order valence-corrected chi connectivity index (χ0v) is 10.7. The van der Waals surface area contributed by atoms with Gasteiger partial charge < -0.3 is 5.73 Å². The van der Waals surface area contributed by atoms with Crippen LogP contribution in [0.1, 0.15) is 39.1 Å². The average molecular weight is 225 g/mol. The van der Waals surface area contributed by atoms with Crippen molar-refractivity contribution in [2.45, 2.75) is 45.8 Å². The summed E-state index contributed by atoms with van der Waals surface area (Å²) in [5.41, 5.74) is 5.73. The fourth-order valence-corrected chi connectivity index (χ4v) is 1.56. The Morgan fingerprint density at radius 3 is 2.69 bits per heavy atom. The van der Waals surface area contributed by atoms with Crippen molar-refractivity contribution >= 4 is 0 Å². The van der Waals surface area contributed by atoms with Crippen molar-refractivity contribution in [3.8, 4) is 0 Å². The van der Waals surface area contributed by atoms with Crippen LogP contribution in [0.3, 0.4) is 0 Å². The summed E-state index contributed by atoms with van der Waals surface area (Å²) in [4.78, 5) is 6.51. The molecule has 16 heavy (non-hydrogen) atoms. The highest BCUT2D eigenvalue weighted by atomic mass is 15.4. The summed E-state index contributed by atoms with van der Waals surface area (Å²) in [5.74, 6) is 1.02. The van der Waals surface area contributed by atoms with E-state index in [-0.39, 0.29) is 6.04 Å². The van der Waals surface area contributed by atoms with Crippen molar-refractivity contribution in [2.75, 3.05) is 13.6 Å². The molecule has 5 heteroatoms. The fraction of sp³-hybridized carbons (Fsp3) is 0.818. The molecule has 2 N–H and O–H groups in total. The molecule has 0 aliphatic carbocycles. The molecule has 92 valence electrons. The van der Waals surface area contributed by atoms with E-state index >= 15 is 0 Å². The van der Waals surface area contributed by atoms with Crippen LogP contribution < -0.4 is 5.73 Å². The van der Waals surface area contributed by atoms with Gasteiger partial charge in [-0.25, -0.2) is 9.67 Å². The van der Waals surface area contributed by atoms with E-state index in [0.29, 0.717) is 6.04 Å². The lowest BCUT2D eigenvalue weighted by Gasteiger charge is -2.18. The second-order valence-electron chi connectivity index (χ2n) is 4.72. The van der Waals surface area contributed by atoms with Gasteiger partial charge in [-0.2, -0.15) is 5.10 Å². The van der Waals surface area contributed by atoms with Crippen molar-refractivity contribution < 1.29 is 0 Å². The molecule has 0 bridgehead atoms. The molecular formula is C11H23N5. The summed E-state index contributed by atoms with van der Waals surface area (Å²) < 4.78 is 1.96. The van der Waals surface area contributed by atoms with Gasteiger partial charge in [-0.3, -0.25) is 4.90 Å². The molecule has 1 aromatic rings. The quantitative estimate of drug-likeness (QED) is 0.785. The first kappa shape index (κ1) is 13.1. The van der Waals surface area contributed by atoms with Crippen LogP contribution in [-0.2, 0) is 6.54 Å². The molecule has 1 unspecified atom stereocenters. The Morgan fingerprint density at radius 2 is 2.12 bits per heavy atom. The van der Waals surface area contributed by atoms with Gasteiger partial charge in [0, 0.05) is 12.1 Å². The van der Waals surface area contributed by atoms with Gasteiger partial charge in [0.1, 0.15) is 12.2 Å². The smallest absolute Gasteiger partial charge is 0.141 e. The molecule has 1 heterocycles. The summed E-state index contributed by atoms with van der Waals surface area (Å²) in [7, 11) is 2.09. The highest BCUT2D eigenvalue weighted by molar-refractivity contribution is 4.86. The Labute approximate surface area is 97.6 Å². The maximum Gasteiger partial charge on any atom is 0.141 e. The van der Waals surface area contributed by atoms with Crippen molar-refractivity contribution in [3.63, 3.8) is 0 Å². The lowest BCUT2D eigenvalue weighted by Crippen LogP contribution is -2.27. The van der Waals surface area contributed by atoms with E-state index in [0.717, 1.165) is 25.3 Å². The van der Waals surface area contributed by atoms with Crippen LogP contribution in [0.2, 0.25) is 0 Å². The average Bonchev–Trinajstić information content (AvgIpc) is 2.62. The third kappa shape index (κ3) is 3.90. The summed E-state index contributed by atoms with van der Waals surface area (Å²) in [5, 5.41) is 4.22. The van der Waals surface area contributed by atoms with E-state index in [1.165, 1.54) is 0 Å². The maximum absolute atomic E-state index is 5.73. The Morgan fingerprint density at radius 1 is 1.44 bits per heavy atom. The number of hydrogen-bond acceptors (Lipinski definition) is 4. The molecule has 0 spiro atoms. The minimum atomic E-state index is 0.255. The van der Waals surface area contributed by atoms with Gasteiger partial charge in [-0.1, -0.05) is 0 Å². The first-order chi connectivity index (χ1) is 7.50. The molecule has 0 fully saturated rings. The van der Waals surface area contributed by atoms with Gasteiger partial charge >= 0.3 is 0 Å². The van der Waals surface area contributed by atoms with E-state index < -0.39 is 0 Å². The minimum absolute atomic E-state index is 0.255. The third-order valence-electron chi connectivity index (χ3n) is 2.51. The fourth-order valence-electron chi connectivity index (χ4n) is 1.56. The first-order valence-corrected chi connectivity index (χ1v) is 5.83. The van der Waals surface area contributed by atoms with Crippen LogP contribution in [-0.4, -0.2) is 39.3 Å². The topological polar surface area (TPSA) is 60.0 Å². The van der Waals surface area contributed by atoms with Gasteiger partial charge in [-0.05, 0) is 40.8 Å². The van der Waals surface area contributed by atoms with Crippen LogP contribution in [0, 0.1) is 0 Å². The van der Waals surface area contributed by atoms with Crippen LogP contribution in [0.4, 0.5) is 0 Å². The van der Waals surface area contributed by atoms with E-state index in [1.54, 1.807) is 6.33 Å². The normalized spacial score (nSPS) is 13.7. The van der Waals surface area contributed by atoms with Crippen molar-refractivity contribution in [1.82, 2.24) is 19.7 Å². The largest absolute Gasteiger partial charge is 0.328 e. The van der Waals surface area contributed by atoms with Crippen LogP contribution >= 0.6 is 0 Å². The lowest BCUT2D eigenvalue weighted by molar-refractivity contribution is 0.295. The molecule has 0 radical (unpaired) electrons. The number of nitrogens with two attached hydrogens (primary N) is 1. The zero-order valence-electron chi connectivity index (χ0n) is 10.7. The van der Waals surface area contributed by atoms with E-state index in [9.17, 15) is 0 Å². The molecule has 0 aromatic carbocycles. The van der Waals surface area contributed by atoms with E-state index in [1.807, 2.05) is 11.6 Å². The lowest BCUT2D eigenvalue weighted by atomic mass is 10.2. The number of rotatable bonds is 6. The van der Waals surface area contributed by atoms with Gasteiger partial charge in [0.05, 0.1) is 6.54 Å². The Hall–Kier alpha value is -0.940. The molecule has 1 rings (SSSR count). The zero-order chi connectivity index (χ0) is 12.1. The van der Waals surface area contributed by atoms with E-state index in [2.05, 4.69) is 35.9 Å². The van der Waals surface area contributed by atoms with Gasteiger partial charge in [-0.15, -0.1) is 0 Å². The SMILES string of the molecule is CC(N)CCN(C)Cc1ncnn1C(C)C.